The second kappa shape index (κ2) is 8.00. The van der Waals surface area contributed by atoms with Crippen molar-refractivity contribution in [3.8, 4) is 11.4 Å². The number of benzene rings is 2. The SMILES string of the molecule is Cc1cccc(-n2nc3c(c2NC(=O)COc2ccc(Cl)cc2)C[S@](=O)C3)c1C. The van der Waals surface area contributed by atoms with Gasteiger partial charge in [-0.1, -0.05) is 23.7 Å². The first-order valence-corrected chi connectivity index (χ1v) is 11.0. The van der Waals surface area contributed by atoms with Gasteiger partial charge in [0.1, 0.15) is 11.6 Å². The molecule has 2 heterocycles. The number of aryl methyl sites for hydroxylation is 1. The quantitative estimate of drug-likeness (QED) is 0.667. The number of nitrogens with zero attached hydrogens (tertiary/aromatic N) is 2. The molecule has 150 valence electrons. The molecular formula is C21H20ClN3O3S. The summed E-state index contributed by atoms with van der Waals surface area (Å²) in [6, 6.07) is 12.8. The molecule has 1 atom stereocenters. The van der Waals surface area contributed by atoms with Gasteiger partial charge in [0.05, 0.1) is 22.9 Å². The first kappa shape index (κ1) is 19.7. The Morgan fingerprint density at radius 3 is 2.72 bits per heavy atom. The summed E-state index contributed by atoms with van der Waals surface area (Å²) in [4.78, 5) is 12.6. The van der Waals surface area contributed by atoms with Gasteiger partial charge in [0.25, 0.3) is 5.91 Å². The smallest absolute Gasteiger partial charge is 0.263 e. The largest absolute Gasteiger partial charge is 0.484 e. The number of halogens is 1. The molecule has 0 spiro atoms. The van der Waals surface area contributed by atoms with E-state index in [2.05, 4.69) is 10.4 Å². The summed E-state index contributed by atoms with van der Waals surface area (Å²) < 4.78 is 19.3. The van der Waals surface area contributed by atoms with Crippen LogP contribution in [0.1, 0.15) is 22.4 Å². The minimum absolute atomic E-state index is 0.155. The third-order valence-corrected chi connectivity index (χ3v) is 6.37. The molecule has 0 saturated carbocycles. The van der Waals surface area contributed by atoms with E-state index < -0.39 is 10.8 Å². The minimum Gasteiger partial charge on any atom is -0.484 e. The molecule has 1 aliphatic heterocycles. The van der Waals surface area contributed by atoms with Crippen LogP contribution < -0.4 is 10.1 Å². The molecule has 0 fully saturated rings. The Balaban J connectivity index is 1.60. The number of amides is 1. The van der Waals surface area contributed by atoms with Crippen LogP contribution in [-0.2, 0) is 27.1 Å². The number of anilines is 1. The fourth-order valence-corrected chi connectivity index (χ4v) is 4.63. The van der Waals surface area contributed by atoms with E-state index in [1.807, 2.05) is 32.0 Å². The molecule has 29 heavy (non-hydrogen) atoms. The standard InChI is InChI=1S/C21H20ClN3O3S/c1-13-4-3-5-19(14(13)2)25-21(17-11-29(27)12-18(17)24-25)23-20(26)10-28-16-8-6-15(22)7-9-16/h3-9H,10-12H2,1-2H3,(H,23,26)/t29-/m0/s1. The number of aromatic nitrogens is 2. The van der Waals surface area contributed by atoms with Gasteiger partial charge in [0.15, 0.2) is 6.61 Å². The van der Waals surface area contributed by atoms with Crippen LogP contribution in [0.2, 0.25) is 5.02 Å². The molecule has 0 radical (unpaired) electrons. The van der Waals surface area contributed by atoms with Crippen LogP contribution in [0.15, 0.2) is 42.5 Å². The van der Waals surface area contributed by atoms with Crippen LogP contribution in [0.5, 0.6) is 5.75 Å². The maximum atomic E-state index is 12.6. The van der Waals surface area contributed by atoms with E-state index >= 15 is 0 Å². The van der Waals surface area contributed by atoms with E-state index in [1.54, 1.807) is 28.9 Å². The van der Waals surface area contributed by atoms with Gasteiger partial charge in [-0.05, 0) is 55.3 Å². The number of carbonyl (C=O) groups excluding carboxylic acids is 1. The molecule has 2 aromatic carbocycles. The lowest BCUT2D eigenvalue weighted by Gasteiger charge is -2.14. The van der Waals surface area contributed by atoms with Crippen LogP contribution in [0.4, 0.5) is 5.82 Å². The number of fused-ring (bicyclic) bond motifs is 1. The Labute approximate surface area is 176 Å². The van der Waals surface area contributed by atoms with Gasteiger partial charge < -0.3 is 10.1 Å². The van der Waals surface area contributed by atoms with Gasteiger partial charge in [-0.15, -0.1) is 0 Å². The molecule has 6 nitrogen and oxygen atoms in total. The molecule has 1 N–H and O–H groups in total. The molecule has 0 unspecified atom stereocenters. The van der Waals surface area contributed by atoms with Crippen LogP contribution in [0.25, 0.3) is 5.69 Å². The summed E-state index contributed by atoms with van der Waals surface area (Å²) in [6.07, 6.45) is 0. The van der Waals surface area contributed by atoms with Crippen LogP contribution in [-0.4, -0.2) is 26.5 Å². The van der Waals surface area contributed by atoms with Crippen molar-refractivity contribution >= 4 is 34.1 Å². The van der Waals surface area contributed by atoms with E-state index in [1.165, 1.54) is 0 Å². The van der Waals surface area contributed by atoms with Crippen LogP contribution in [0.3, 0.4) is 0 Å². The molecule has 1 amide bonds. The van der Waals surface area contributed by atoms with Gasteiger partial charge in [0.2, 0.25) is 0 Å². The van der Waals surface area contributed by atoms with Crippen molar-refractivity contribution in [1.29, 1.82) is 0 Å². The Morgan fingerprint density at radius 1 is 1.21 bits per heavy atom. The number of ether oxygens (including phenoxy) is 1. The van der Waals surface area contributed by atoms with Gasteiger partial charge in [-0.2, -0.15) is 5.10 Å². The lowest BCUT2D eigenvalue weighted by Crippen LogP contribution is -2.23. The van der Waals surface area contributed by atoms with Gasteiger partial charge in [0, 0.05) is 21.4 Å². The highest BCUT2D eigenvalue weighted by Crippen LogP contribution is 2.32. The normalized spacial score (nSPS) is 15.2. The lowest BCUT2D eigenvalue weighted by atomic mass is 10.1. The van der Waals surface area contributed by atoms with Gasteiger partial charge in [-0.3, -0.25) is 9.00 Å². The molecule has 1 aliphatic rings. The van der Waals surface area contributed by atoms with E-state index in [9.17, 15) is 9.00 Å². The second-order valence-electron chi connectivity index (χ2n) is 6.92. The van der Waals surface area contributed by atoms with Gasteiger partial charge >= 0.3 is 0 Å². The first-order valence-electron chi connectivity index (χ1n) is 9.13. The fourth-order valence-electron chi connectivity index (χ4n) is 3.24. The zero-order chi connectivity index (χ0) is 20.5. The minimum atomic E-state index is -0.994. The Hall–Kier alpha value is -2.64. The third-order valence-electron chi connectivity index (χ3n) is 4.92. The lowest BCUT2D eigenvalue weighted by molar-refractivity contribution is -0.118. The molecule has 4 rings (SSSR count). The topological polar surface area (TPSA) is 73.2 Å². The van der Waals surface area contributed by atoms with E-state index in [4.69, 9.17) is 16.3 Å². The molecule has 3 aromatic rings. The van der Waals surface area contributed by atoms with Crippen molar-refractivity contribution in [3.63, 3.8) is 0 Å². The van der Waals surface area contributed by atoms with E-state index in [0.29, 0.717) is 28.1 Å². The number of nitrogens with one attached hydrogen (secondary N) is 1. The number of hydrogen-bond acceptors (Lipinski definition) is 4. The van der Waals surface area contributed by atoms with Crippen LogP contribution in [0, 0.1) is 13.8 Å². The molecule has 0 saturated heterocycles. The summed E-state index contributed by atoms with van der Waals surface area (Å²) in [7, 11) is -0.994. The van der Waals surface area contributed by atoms with Crippen LogP contribution >= 0.6 is 11.6 Å². The molecule has 1 aromatic heterocycles. The third kappa shape index (κ3) is 4.06. The van der Waals surface area contributed by atoms with Gasteiger partial charge in [-0.25, -0.2) is 4.68 Å². The van der Waals surface area contributed by atoms with Crippen molar-refractivity contribution in [2.75, 3.05) is 11.9 Å². The highest BCUT2D eigenvalue weighted by atomic mass is 35.5. The zero-order valence-corrected chi connectivity index (χ0v) is 17.6. The average molecular weight is 430 g/mol. The Morgan fingerprint density at radius 2 is 1.97 bits per heavy atom. The first-order chi connectivity index (χ1) is 13.9. The Kier molecular flexibility index (Phi) is 5.43. The Bertz CT molecular complexity index is 1110. The maximum Gasteiger partial charge on any atom is 0.263 e. The predicted molar refractivity (Wildman–Crippen MR) is 114 cm³/mol. The molecule has 0 bridgehead atoms. The van der Waals surface area contributed by atoms with E-state index in [-0.39, 0.29) is 12.5 Å². The monoisotopic (exact) mass is 429 g/mol. The van der Waals surface area contributed by atoms with E-state index in [0.717, 1.165) is 28.1 Å². The number of carbonyl (C=O) groups is 1. The summed E-state index contributed by atoms with van der Waals surface area (Å²) in [6.45, 7) is 3.89. The highest BCUT2D eigenvalue weighted by Gasteiger charge is 2.28. The molecule has 0 aliphatic carbocycles. The highest BCUT2D eigenvalue weighted by molar-refractivity contribution is 7.83. The second-order valence-corrected chi connectivity index (χ2v) is 8.82. The average Bonchev–Trinajstić information content (AvgIpc) is 3.20. The maximum absolute atomic E-state index is 12.6. The van der Waals surface area contributed by atoms with Crippen molar-refractivity contribution in [2.24, 2.45) is 0 Å². The number of hydrogen-bond donors (Lipinski definition) is 1. The summed E-state index contributed by atoms with van der Waals surface area (Å²) in [5.41, 5.74) is 4.68. The van der Waals surface area contributed by atoms with Crippen molar-refractivity contribution in [2.45, 2.75) is 25.4 Å². The van der Waals surface area contributed by atoms with Crippen molar-refractivity contribution in [1.82, 2.24) is 9.78 Å². The van der Waals surface area contributed by atoms with Crippen molar-refractivity contribution < 1.29 is 13.7 Å². The molecule has 8 heteroatoms. The van der Waals surface area contributed by atoms with Crippen molar-refractivity contribution in [3.05, 3.63) is 69.9 Å². The summed E-state index contributed by atoms with van der Waals surface area (Å²) in [5.74, 6) is 1.58. The zero-order valence-electron chi connectivity index (χ0n) is 16.1. The fraction of sp³-hybridized carbons (Fsp3) is 0.238. The molecular weight excluding hydrogens is 410 g/mol. The number of rotatable bonds is 5. The summed E-state index contributed by atoms with van der Waals surface area (Å²) >= 11 is 5.87. The predicted octanol–water partition coefficient (Wildman–Crippen LogP) is 3.92. The summed E-state index contributed by atoms with van der Waals surface area (Å²) in [5, 5.41) is 8.16.